The average Bonchev–Trinajstić information content (AvgIpc) is 3.12. The number of hydrogen-bond acceptors (Lipinski definition) is 6. The van der Waals surface area contributed by atoms with Gasteiger partial charge in [-0.15, -0.1) is 11.3 Å². The molecule has 1 aromatic heterocycles. The van der Waals surface area contributed by atoms with Crippen molar-refractivity contribution in [3.63, 3.8) is 0 Å². The third-order valence-corrected chi connectivity index (χ3v) is 6.04. The van der Waals surface area contributed by atoms with Crippen molar-refractivity contribution >= 4 is 39.1 Å². The number of ether oxygens (including phenoxy) is 2. The minimum Gasteiger partial charge on any atom is -0.427 e. The predicted molar refractivity (Wildman–Crippen MR) is 124 cm³/mol. The minimum absolute atomic E-state index is 0.0875. The van der Waals surface area contributed by atoms with Gasteiger partial charge in [0.1, 0.15) is 11.5 Å². The molecule has 4 rings (SSSR count). The van der Waals surface area contributed by atoms with Crippen LogP contribution in [-0.2, 0) is 9.59 Å². The van der Waals surface area contributed by atoms with E-state index in [4.69, 9.17) is 9.47 Å². The smallest absolute Gasteiger partial charge is 0.308 e. The van der Waals surface area contributed by atoms with E-state index in [0.717, 1.165) is 26.1 Å². The van der Waals surface area contributed by atoms with Gasteiger partial charge in [0.2, 0.25) is 0 Å². The Kier molecular flexibility index (Phi) is 5.88. The van der Waals surface area contributed by atoms with Gasteiger partial charge in [-0.3, -0.25) is 14.4 Å². The molecule has 0 radical (unpaired) electrons. The molecule has 0 saturated carbocycles. The summed E-state index contributed by atoms with van der Waals surface area (Å²) in [6.07, 6.45) is 0. The third kappa shape index (κ3) is 4.45. The first-order valence-corrected chi connectivity index (χ1v) is 10.8. The van der Waals surface area contributed by atoms with Crippen LogP contribution in [-0.4, -0.2) is 17.7 Å². The lowest BCUT2D eigenvalue weighted by Gasteiger charge is -2.07. The maximum Gasteiger partial charge on any atom is 0.308 e. The Labute approximate surface area is 189 Å². The maximum atomic E-state index is 13.6. The molecule has 6 heteroatoms. The SMILES string of the molecule is CC(=O)Oc1ccc(-c2sc3cc(OC(C)=O)ccc3c2C(=O)c2ccc(C)cc2)cc1. The molecule has 0 bridgehead atoms. The highest BCUT2D eigenvalue weighted by molar-refractivity contribution is 7.22. The molecule has 0 atom stereocenters. The summed E-state index contributed by atoms with van der Waals surface area (Å²) < 4.78 is 11.2. The highest BCUT2D eigenvalue weighted by Crippen LogP contribution is 2.41. The maximum absolute atomic E-state index is 13.6. The zero-order valence-electron chi connectivity index (χ0n) is 17.8. The minimum atomic E-state index is -0.404. The van der Waals surface area contributed by atoms with E-state index in [1.807, 2.05) is 49.4 Å². The summed E-state index contributed by atoms with van der Waals surface area (Å²) >= 11 is 1.44. The summed E-state index contributed by atoms with van der Waals surface area (Å²) in [4.78, 5) is 36.9. The van der Waals surface area contributed by atoms with Crippen LogP contribution in [0.5, 0.6) is 11.5 Å². The van der Waals surface area contributed by atoms with Crippen molar-refractivity contribution in [2.45, 2.75) is 20.8 Å². The molecule has 32 heavy (non-hydrogen) atoms. The summed E-state index contributed by atoms with van der Waals surface area (Å²) in [5.74, 6) is -0.0233. The summed E-state index contributed by atoms with van der Waals surface area (Å²) in [5.41, 5.74) is 3.08. The fraction of sp³-hybridized carbons (Fsp3) is 0.115. The van der Waals surface area contributed by atoms with E-state index in [1.54, 1.807) is 24.3 Å². The fourth-order valence-electron chi connectivity index (χ4n) is 3.42. The van der Waals surface area contributed by atoms with Gasteiger partial charge < -0.3 is 9.47 Å². The van der Waals surface area contributed by atoms with Crippen LogP contribution in [0, 0.1) is 6.92 Å². The van der Waals surface area contributed by atoms with E-state index < -0.39 is 11.9 Å². The van der Waals surface area contributed by atoms with E-state index in [9.17, 15) is 14.4 Å². The molecular formula is C26H20O5S. The molecule has 1 heterocycles. The van der Waals surface area contributed by atoms with Crippen molar-refractivity contribution in [3.05, 3.63) is 83.4 Å². The molecule has 0 spiro atoms. The van der Waals surface area contributed by atoms with Crippen LogP contribution in [0.25, 0.3) is 20.5 Å². The summed E-state index contributed by atoms with van der Waals surface area (Å²) in [6, 6.07) is 19.8. The van der Waals surface area contributed by atoms with Crippen LogP contribution in [0.3, 0.4) is 0 Å². The molecule has 5 nitrogen and oxygen atoms in total. The number of rotatable bonds is 5. The van der Waals surface area contributed by atoms with Gasteiger partial charge in [0, 0.05) is 39.9 Å². The number of carbonyl (C=O) groups excluding carboxylic acids is 3. The molecule has 0 saturated heterocycles. The van der Waals surface area contributed by atoms with Crippen molar-refractivity contribution in [1.82, 2.24) is 0 Å². The van der Waals surface area contributed by atoms with Gasteiger partial charge in [0.15, 0.2) is 5.78 Å². The predicted octanol–water partition coefficient (Wildman–Crippen LogP) is 5.96. The Balaban J connectivity index is 1.86. The summed E-state index contributed by atoms with van der Waals surface area (Å²) in [7, 11) is 0. The van der Waals surface area contributed by atoms with Crippen molar-refractivity contribution in [1.29, 1.82) is 0 Å². The van der Waals surface area contributed by atoms with Gasteiger partial charge in [-0.05, 0) is 55.0 Å². The van der Waals surface area contributed by atoms with Gasteiger partial charge in [-0.25, -0.2) is 0 Å². The largest absolute Gasteiger partial charge is 0.427 e. The lowest BCUT2D eigenvalue weighted by atomic mass is 9.97. The number of hydrogen-bond donors (Lipinski definition) is 0. The Bertz CT molecular complexity index is 1330. The monoisotopic (exact) mass is 444 g/mol. The second-order valence-electron chi connectivity index (χ2n) is 7.37. The Morgan fingerprint density at radius 3 is 1.97 bits per heavy atom. The van der Waals surface area contributed by atoms with Crippen molar-refractivity contribution in [3.8, 4) is 21.9 Å². The van der Waals surface area contributed by atoms with Gasteiger partial charge >= 0.3 is 11.9 Å². The number of aryl methyl sites for hydroxylation is 1. The average molecular weight is 445 g/mol. The molecule has 0 aliphatic rings. The van der Waals surface area contributed by atoms with Crippen LogP contribution in [0.15, 0.2) is 66.7 Å². The van der Waals surface area contributed by atoms with Crippen molar-refractivity contribution in [2.24, 2.45) is 0 Å². The highest BCUT2D eigenvalue weighted by atomic mass is 32.1. The van der Waals surface area contributed by atoms with Crippen LogP contribution in [0.1, 0.15) is 35.3 Å². The highest BCUT2D eigenvalue weighted by Gasteiger charge is 2.22. The standard InChI is InChI=1S/C26H20O5S/c1-15-4-6-18(7-5-15)25(29)24-22-13-12-21(31-17(3)28)14-23(22)32-26(24)19-8-10-20(11-9-19)30-16(2)27/h4-14H,1-3H3. The number of thiophene rings is 1. The number of carbonyl (C=O) groups is 3. The van der Waals surface area contributed by atoms with Gasteiger partial charge in [-0.1, -0.05) is 29.8 Å². The van der Waals surface area contributed by atoms with Crippen molar-refractivity contribution < 1.29 is 23.9 Å². The van der Waals surface area contributed by atoms with E-state index in [0.29, 0.717) is 22.6 Å². The summed E-state index contributed by atoms with van der Waals surface area (Å²) in [5, 5.41) is 0.788. The second-order valence-corrected chi connectivity index (χ2v) is 8.42. The molecule has 0 fully saturated rings. The number of fused-ring (bicyclic) bond motifs is 1. The quantitative estimate of drug-likeness (QED) is 0.216. The third-order valence-electron chi connectivity index (χ3n) is 4.84. The molecule has 0 unspecified atom stereocenters. The number of ketones is 1. The molecule has 0 N–H and O–H groups in total. The zero-order chi connectivity index (χ0) is 22.8. The molecule has 4 aromatic rings. The van der Waals surface area contributed by atoms with Crippen LogP contribution in [0.4, 0.5) is 0 Å². The molecule has 0 aliphatic heterocycles. The normalized spacial score (nSPS) is 10.7. The molecule has 3 aromatic carbocycles. The Hall–Kier alpha value is -3.77. The van der Waals surface area contributed by atoms with Gasteiger partial charge in [-0.2, -0.15) is 0 Å². The molecule has 160 valence electrons. The molecule has 0 amide bonds. The lowest BCUT2D eigenvalue weighted by Crippen LogP contribution is -2.03. The van der Waals surface area contributed by atoms with Gasteiger partial charge in [0.05, 0.1) is 0 Å². The lowest BCUT2D eigenvalue weighted by molar-refractivity contribution is -0.132. The van der Waals surface area contributed by atoms with E-state index in [1.165, 1.54) is 25.2 Å². The number of esters is 2. The first kappa shape index (κ1) is 21.5. The van der Waals surface area contributed by atoms with Crippen LogP contribution < -0.4 is 9.47 Å². The Morgan fingerprint density at radius 2 is 1.34 bits per heavy atom. The molecule has 0 aliphatic carbocycles. The second kappa shape index (κ2) is 8.77. The zero-order valence-corrected chi connectivity index (χ0v) is 18.6. The number of benzene rings is 3. The first-order chi connectivity index (χ1) is 15.3. The van der Waals surface area contributed by atoms with Crippen LogP contribution >= 0.6 is 11.3 Å². The Morgan fingerprint density at radius 1 is 0.750 bits per heavy atom. The topological polar surface area (TPSA) is 69.7 Å². The van der Waals surface area contributed by atoms with E-state index in [2.05, 4.69) is 0 Å². The van der Waals surface area contributed by atoms with E-state index >= 15 is 0 Å². The summed E-state index contributed by atoms with van der Waals surface area (Å²) in [6.45, 7) is 4.67. The van der Waals surface area contributed by atoms with Gasteiger partial charge in [0.25, 0.3) is 0 Å². The molecular weight excluding hydrogens is 424 g/mol. The van der Waals surface area contributed by atoms with E-state index in [-0.39, 0.29) is 5.78 Å². The fourth-order valence-corrected chi connectivity index (χ4v) is 4.66. The first-order valence-electron chi connectivity index (χ1n) is 9.97. The van der Waals surface area contributed by atoms with Crippen LogP contribution in [0.2, 0.25) is 0 Å². The van der Waals surface area contributed by atoms with Crippen molar-refractivity contribution in [2.75, 3.05) is 0 Å².